The number of guanidine groups is 1. The number of para-hydroxylation sites is 1. The molecule has 1 unspecified atom stereocenters. The van der Waals surface area contributed by atoms with Gasteiger partial charge in [0.2, 0.25) is 0 Å². The molecule has 0 bridgehead atoms. The van der Waals surface area contributed by atoms with E-state index in [9.17, 15) is 0 Å². The Bertz CT molecular complexity index is 1020. The van der Waals surface area contributed by atoms with Crippen LogP contribution in [0.15, 0.2) is 41.7 Å². The number of nitrogens with one attached hydrogen (secondary N) is 2. The largest absolute Gasteiger partial charge is 0.375 e. The van der Waals surface area contributed by atoms with Crippen LogP contribution in [0.2, 0.25) is 0 Å². The van der Waals surface area contributed by atoms with Gasteiger partial charge in [-0.1, -0.05) is 18.2 Å². The van der Waals surface area contributed by atoms with Gasteiger partial charge in [-0.05, 0) is 31.9 Å². The fourth-order valence-corrected chi connectivity index (χ4v) is 3.77. The molecule has 10 nitrogen and oxygen atoms in total. The van der Waals surface area contributed by atoms with Crippen molar-refractivity contribution >= 4 is 11.6 Å². The highest BCUT2D eigenvalue weighted by atomic mass is 15.4. The highest BCUT2D eigenvalue weighted by Crippen LogP contribution is 2.12. The van der Waals surface area contributed by atoms with E-state index in [0.717, 1.165) is 62.3 Å². The van der Waals surface area contributed by atoms with Crippen molar-refractivity contribution in [3.63, 3.8) is 0 Å². The zero-order valence-corrected chi connectivity index (χ0v) is 19.1. The summed E-state index contributed by atoms with van der Waals surface area (Å²) in [5.41, 5.74) is 1.23. The van der Waals surface area contributed by atoms with E-state index in [1.165, 1.54) is 5.69 Å². The summed E-state index contributed by atoms with van der Waals surface area (Å²) in [4.78, 5) is 11.4. The number of anilines is 1. The van der Waals surface area contributed by atoms with Gasteiger partial charge in [-0.2, -0.15) is 5.10 Å². The van der Waals surface area contributed by atoms with Crippen molar-refractivity contribution in [3.8, 4) is 0 Å². The Morgan fingerprint density at radius 3 is 2.88 bits per heavy atom. The molecule has 10 heteroatoms. The summed E-state index contributed by atoms with van der Waals surface area (Å²) in [5.74, 6) is 3.57. The van der Waals surface area contributed by atoms with E-state index in [1.54, 1.807) is 6.33 Å². The predicted octanol–water partition coefficient (Wildman–Crippen LogP) is 1.29. The van der Waals surface area contributed by atoms with E-state index in [1.807, 2.05) is 29.3 Å². The van der Waals surface area contributed by atoms with E-state index < -0.39 is 0 Å². The third-order valence-electron chi connectivity index (χ3n) is 5.87. The lowest BCUT2D eigenvalue weighted by molar-refractivity contribution is 0.392. The van der Waals surface area contributed by atoms with Crippen molar-refractivity contribution in [1.82, 2.24) is 40.2 Å². The van der Waals surface area contributed by atoms with Crippen LogP contribution in [0.3, 0.4) is 0 Å². The molecule has 0 saturated heterocycles. The van der Waals surface area contributed by atoms with Crippen LogP contribution >= 0.6 is 0 Å². The lowest BCUT2D eigenvalue weighted by atomic mass is 10.1. The second-order valence-electron chi connectivity index (χ2n) is 8.16. The number of rotatable bonds is 8. The Hall–Kier alpha value is -3.43. The average molecular weight is 437 g/mol. The zero-order chi connectivity index (χ0) is 22.3. The molecule has 1 aromatic carbocycles. The molecule has 3 aromatic rings. The standard InChI is InChI=1S/C22H32N10/c1-17-28-29-21(31(17)3)14-24-22(27-18-10-11-20-25-16-26-32(20)15-18)23-12-7-13-30(2)19-8-5-4-6-9-19/h4-6,8-9,16,18H,7,10-15H2,1-3H3,(H2,23,24,27). The number of hydrogen-bond acceptors (Lipinski definition) is 6. The minimum atomic E-state index is 0.253. The summed E-state index contributed by atoms with van der Waals surface area (Å²) >= 11 is 0. The molecule has 1 aliphatic heterocycles. The topological polar surface area (TPSA) is 101 Å². The molecule has 0 spiro atoms. The van der Waals surface area contributed by atoms with E-state index in [2.05, 4.69) is 67.1 Å². The average Bonchev–Trinajstić information content (AvgIpc) is 3.41. The molecule has 0 amide bonds. The van der Waals surface area contributed by atoms with Gasteiger partial charge in [0.05, 0.1) is 6.54 Å². The maximum Gasteiger partial charge on any atom is 0.191 e. The van der Waals surface area contributed by atoms with Crippen LogP contribution < -0.4 is 15.5 Å². The molecule has 0 radical (unpaired) electrons. The maximum atomic E-state index is 4.79. The molecule has 170 valence electrons. The van der Waals surface area contributed by atoms with Crippen LogP contribution in [0, 0.1) is 6.92 Å². The maximum absolute atomic E-state index is 4.79. The van der Waals surface area contributed by atoms with Crippen LogP contribution in [0.1, 0.15) is 30.3 Å². The van der Waals surface area contributed by atoms with E-state index in [-0.39, 0.29) is 6.04 Å². The first-order chi connectivity index (χ1) is 15.6. The van der Waals surface area contributed by atoms with Gasteiger partial charge >= 0.3 is 0 Å². The fraction of sp³-hybridized carbons (Fsp3) is 0.500. The second-order valence-corrected chi connectivity index (χ2v) is 8.16. The molecular formula is C22H32N10. The van der Waals surface area contributed by atoms with Crippen molar-refractivity contribution in [3.05, 3.63) is 54.1 Å². The van der Waals surface area contributed by atoms with Gasteiger partial charge in [0.25, 0.3) is 0 Å². The smallest absolute Gasteiger partial charge is 0.191 e. The summed E-state index contributed by atoms with van der Waals surface area (Å²) in [6, 6.07) is 10.7. The van der Waals surface area contributed by atoms with E-state index >= 15 is 0 Å². The van der Waals surface area contributed by atoms with Crippen molar-refractivity contribution in [2.45, 2.75) is 45.3 Å². The zero-order valence-electron chi connectivity index (χ0n) is 19.1. The number of nitrogens with zero attached hydrogens (tertiary/aromatic N) is 8. The molecule has 4 rings (SSSR count). The molecular weight excluding hydrogens is 404 g/mol. The summed E-state index contributed by atoms with van der Waals surface area (Å²) in [5, 5.41) is 19.8. The molecule has 0 fully saturated rings. The summed E-state index contributed by atoms with van der Waals surface area (Å²) < 4.78 is 3.94. The van der Waals surface area contributed by atoms with Crippen LogP contribution in [-0.4, -0.2) is 61.7 Å². The van der Waals surface area contributed by atoms with E-state index in [4.69, 9.17) is 4.99 Å². The van der Waals surface area contributed by atoms with Crippen LogP contribution in [0.5, 0.6) is 0 Å². The molecule has 1 aliphatic rings. The highest BCUT2D eigenvalue weighted by molar-refractivity contribution is 5.80. The van der Waals surface area contributed by atoms with Crippen molar-refractivity contribution < 1.29 is 0 Å². The molecule has 3 heterocycles. The van der Waals surface area contributed by atoms with E-state index in [0.29, 0.717) is 6.54 Å². The first-order valence-corrected chi connectivity index (χ1v) is 11.1. The summed E-state index contributed by atoms with van der Waals surface area (Å²) in [6.45, 7) is 4.98. The fourth-order valence-electron chi connectivity index (χ4n) is 3.77. The van der Waals surface area contributed by atoms with Gasteiger partial charge in [-0.3, -0.25) is 0 Å². The first kappa shape index (κ1) is 21.8. The van der Waals surface area contributed by atoms with Gasteiger partial charge in [0, 0.05) is 45.3 Å². The molecule has 2 aromatic heterocycles. The molecule has 1 atom stereocenters. The monoisotopic (exact) mass is 436 g/mol. The molecule has 32 heavy (non-hydrogen) atoms. The number of hydrogen-bond donors (Lipinski definition) is 2. The molecule has 0 aliphatic carbocycles. The van der Waals surface area contributed by atoms with Gasteiger partial charge < -0.3 is 20.1 Å². The van der Waals surface area contributed by atoms with Gasteiger partial charge in [0.1, 0.15) is 24.5 Å². The quantitative estimate of drug-likeness (QED) is 0.312. The summed E-state index contributed by atoms with van der Waals surface area (Å²) in [6.07, 6.45) is 4.53. The van der Waals surface area contributed by atoms with Crippen molar-refractivity contribution in [2.24, 2.45) is 12.0 Å². The van der Waals surface area contributed by atoms with Gasteiger partial charge in [0.15, 0.2) is 11.8 Å². The Morgan fingerprint density at radius 2 is 2.09 bits per heavy atom. The highest BCUT2D eigenvalue weighted by Gasteiger charge is 2.20. The molecule has 0 saturated carbocycles. The third kappa shape index (κ3) is 5.43. The normalized spacial score (nSPS) is 16.0. The Kier molecular flexibility index (Phi) is 6.98. The SMILES string of the molecule is Cc1nnc(CN=C(NCCCN(C)c2ccccc2)NC2CCc3ncnn3C2)n1C. The lowest BCUT2D eigenvalue weighted by Crippen LogP contribution is -2.47. The molecule has 2 N–H and O–H groups in total. The predicted molar refractivity (Wildman–Crippen MR) is 124 cm³/mol. The first-order valence-electron chi connectivity index (χ1n) is 11.1. The second kappa shape index (κ2) is 10.3. The summed E-state index contributed by atoms with van der Waals surface area (Å²) in [7, 11) is 4.09. The number of aryl methyl sites for hydroxylation is 2. The number of fused-ring (bicyclic) bond motifs is 1. The Labute approximate surface area is 188 Å². The van der Waals surface area contributed by atoms with Crippen LogP contribution in [0.4, 0.5) is 5.69 Å². The number of aliphatic imine (C=N–C) groups is 1. The third-order valence-corrected chi connectivity index (χ3v) is 5.87. The van der Waals surface area contributed by atoms with Gasteiger partial charge in [-0.15, -0.1) is 10.2 Å². The van der Waals surface area contributed by atoms with Crippen molar-refractivity contribution in [1.29, 1.82) is 0 Å². The Morgan fingerprint density at radius 1 is 1.25 bits per heavy atom. The van der Waals surface area contributed by atoms with Crippen molar-refractivity contribution in [2.75, 3.05) is 25.0 Å². The van der Waals surface area contributed by atoms with Crippen LogP contribution in [0.25, 0.3) is 0 Å². The lowest BCUT2D eigenvalue weighted by Gasteiger charge is -2.26. The minimum Gasteiger partial charge on any atom is -0.375 e. The number of benzene rings is 1. The van der Waals surface area contributed by atoms with Gasteiger partial charge in [-0.25, -0.2) is 14.7 Å². The Balaban J connectivity index is 1.34. The van der Waals surface area contributed by atoms with Crippen LogP contribution in [-0.2, 0) is 26.6 Å². The minimum absolute atomic E-state index is 0.253. The number of aromatic nitrogens is 6.